The number of benzene rings is 1. The Kier molecular flexibility index (Phi) is 4.21. The first-order chi connectivity index (χ1) is 9.16. The van der Waals surface area contributed by atoms with Crippen molar-refractivity contribution in [2.45, 2.75) is 6.92 Å². The van der Waals surface area contributed by atoms with E-state index in [1.54, 1.807) is 19.1 Å². The highest BCUT2D eigenvalue weighted by molar-refractivity contribution is 7.07. The van der Waals surface area contributed by atoms with Gasteiger partial charge >= 0.3 is 0 Å². The molecular formula is C13H10FN3OS. The van der Waals surface area contributed by atoms with E-state index in [9.17, 15) is 9.18 Å². The van der Waals surface area contributed by atoms with Crippen molar-refractivity contribution in [2.75, 3.05) is 6.54 Å². The van der Waals surface area contributed by atoms with E-state index < -0.39 is 0 Å². The van der Waals surface area contributed by atoms with Gasteiger partial charge in [0.25, 0.3) is 5.91 Å². The van der Waals surface area contributed by atoms with Crippen molar-refractivity contribution in [1.82, 2.24) is 14.9 Å². The SMILES string of the molecule is Cc1nnsc1C(=O)NCC#Cc1ccc(F)cc1. The maximum absolute atomic E-state index is 12.7. The van der Waals surface area contributed by atoms with Crippen LogP contribution >= 0.6 is 11.5 Å². The second-order valence-corrected chi connectivity index (χ2v) is 4.43. The normalized spacial score (nSPS) is 9.58. The third-order valence-corrected chi connectivity index (χ3v) is 3.10. The van der Waals surface area contributed by atoms with Crippen molar-refractivity contribution in [3.8, 4) is 11.8 Å². The Morgan fingerprint density at radius 1 is 1.42 bits per heavy atom. The van der Waals surface area contributed by atoms with E-state index in [0.717, 1.165) is 11.5 Å². The number of amides is 1. The fraction of sp³-hybridized carbons (Fsp3) is 0.154. The second-order valence-electron chi connectivity index (χ2n) is 3.68. The maximum atomic E-state index is 12.7. The Morgan fingerprint density at radius 3 is 2.79 bits per heavy atom. The summed E-state index contributed by atoms with van der Waals surface area (Å²) in [6.45, 7) is 1.94. The molecule has 4 nitrogen and oxygen atoms in total. The van der Waals surface area contributed by atoms with Gasteiger partial charge in [-0.1, -0.05) is 16.3 Å². The van der Waals surface area contributed by atoms with Crippen molar-refractivity contribution in [3.63, 3.8) is 0 Å². The topological polar surface area (TPSA) is 54.9 Å². The van der Waals surface area contributed by atoms with E-state index in [1.165, 1.54) is 12.1 Å². The van der Waals surface area contributed by atoms with Crippen LogP contribution in [-0.4, -0.2) is 22.0 Å². The van der Waals surface area contributed by atoms with Crippen LogP contribution in [0.1, 0.15) is 20.9 Å². The molecule has 0 aliphatic rings. The molecule has 96 valence electrons. The highest BCUT2D eigenvalue weighted by Gasteiger charge is 2.11. The summed E-state index contributed by atoms with van der Waals surface area (Å²) in [7, 11) is 0. The fourth-order valence-corrected chi connectivity index (χ4v) is 1.90. The van der Waals surface area contributed by atoms with Gasteiger partial charge in [0.1, 0.15) is 10.7 Å². The molecule has 0 fully saturated rings. The van der Waals surface area contributed by atoms with E-state index in [2.05, 4.69) is 26.7 Å². The van der Waals surface area contributed by atoms with Crippen LogP contribution < -0.4 is 5.32 Å². The lowest BCUT2D eigenvalue weighted by Gasteiger charge is -1.97. The van der Waals surface area contributed by atoms with E-state index in [-0.39, 0.29) is 18.3 Å². The molecule has 0 saturated heterocycles. The Balaban J connectivity index is 1.89. The number of nitrogens with one attached hydrogen (secondary N) is 1. The highest BCUT2D eigenvalue weighted by Crippen LogP contribution is 2.07. The molecule has 0 radical (unpaired) electrons. The molecule has 0 atom stereocenters. The van der Waals surface area contributed by atoms with Gasteiger partial charge < -0.3 is 5.32 Å². The summed E-state index contributed by atoms with van der Waals surface area (Å²) in [6, 6.07) is 5.85. The van der Waals surface area contributed by atoms with Gasteiger partial charge in [0.15, 0.2) is 0 Å². The van der Waals surface area contributed by atoms with Gasteiger partial charge in [-0.05, 0) is 42.7 Å². The molecule has 19 heavy (non-hydrogen) atoms. The Labute approximate surface area is 113 Å². The van der Waals surface area contributed by atoms with Crippen LogP contribution in [0.25, 0.3) is 0 Å². The lowest BCUT2D eigenvalue weighted by Crippen LogP contribution is -2.23. The molecule has 2 rings (SSSR count). The summed E-state index contributed by atoms with van der Waals surface area (Å²) in [5.41, 5.74) is 1.31. The quantitative estimate of drug-likeness (QED) is 0.850. The number of carbonyl (C=O) groups excluding carboxylic acids is 1. The van der Waals surface area contributed by atoms with Crippen molar-refractivity contribution in [1.29, 1.82) is 0 Å². The smallest absolute Gasteiger partial charge is 0.265 e. The molecule has 0 saturated carbocycles. The molecule has 0 spiro atoms. The van der Waals surface area contributed by atoms with Crippen LogP contribution in [0.2, 0.25) is 0 Å². The maximum Gasteiger partial charge on any atom is 0.265 e. The highest BCUT2D eigenvalue weighted by atomic mass is 32.1. The summed E-state index contributed by atoms with van der Waals surface area (Å²) in [5.74, 6) is 5.09. The van der Waals surface area contributed by atoms with Crippen LogP contribution in [0.4, 0.5) is 4.39 Å². The van der Waals surface area contributed by atoms with Gasteiger partial charge in [-0.25, -0.2) is 4.39 Å². The van der Waals surface area contributed by atoms with Gasteiger partial charge in [-0.3, -0.25) is 4.79 Å². The minimum atomic E-state index is -0.299. The van der Waals surface area contributed by atoms with Crippen LogP contribution in [0, 0.1) is 24.6 Å². The van der Waals surface area contributed by atoms with E-state index in [0.29, 0.717) is 16.1 Å². The summed E-state index contributed by atoms with van der Waals surface area (Å²) in [6.07, 6.45) is 0. The number of nitrogens with zero attached hydrogens (tertiary/aromatic N) is 2. The number of hydrogen-bond donors (Lipinski definition) is 1. The third kappa shape index (κ3) is 3.60. The first-order valence-electron chi connectivity index (χ1n) is 5.48. The molecule has 0 aliphatic carbocycles. The summed E-state index contributed by atoms with van der Waals surface area (Å²) < 4.78 is 16.3. The zero-order valence-corrected chi connectivity index (χ0v) is 10.9. The lowest BCUT2D eigenvalue weighted by atomic mass is 10.2. The van der Waals surface area contributed by atoms with Crippen LogP contribution in [-0.2, 0) is 0 Å². The number of carbonyl (C=O) groups is 1. The van der Waals surface area contributed by atoms with Crippen molar-refractivity contribution < 1.29 is 9.18 Å². The van der Waals surface area contributed by atoms with Gasteiger partial charge in [0.05, 0.1) is 12.2 Å². The number of hydrogen-bond acceptors (Lipinski definition) is 4. The van der Waals surface area contributed by atoms with E-state index in [1.807, 2.05) is 0 Å². The third-order valence-electron chi connectivity index (χ3n) is 2.27. The predicted molar refractivity (Wildman–Crippen MR) is 70.3 cm³/mol. The first-order valence-corrected chi connectivity index (χ1v) is 6.26. The zero-order valence-electron chi connectivity index (χ0n) is 10.1. The Morgan fingerprint density at radius 2 is 2.16 bits per heavy atom. The van der Waals surface area contributed by atoms with Gasteiger partial charge in [-0.2, -0.15) is 0 Å². The first kappa shape index (κ1) is 13.2. The molecule has 2 aromatic rings. The lowest BCUT2D eigenvalue weighted by molar-refractivity contribution is 0.0962. The van der Waals surface area contributed by atoms with Crippen LogP contribution in [0.15, 0.2) is 24.3 Å². The Bertz CT molecular complexity index is 640. The molecule has 1 heterocycles. The predicted octanol–water partition coefficient (Wildman–Crippen LogP) is 1.77. The second kappa shape index (κ2) is 6.07. The molecule has 0 aliphatic heterocycles. The minimum absolute atomic E-state index is 0.216. The van der Waals surface area contributed by atoms with Crippen molar-refractivity contribution in [3.05, 3.63) is 46.2 Å². The monoisotopic (exact) mass is 275 g/mol. The summed E-state index contributed by atoms with van der Waals surface area (Å²) in [5, 5.41) is 6.41. The molecule has 1 aromatic heterocycles. The number of rotatable bonds is 2. The molecule has 0 bridgehead atoms. The molecule has 1 aromatic carbocycles. The molecule has 1 amide bonds. The van der Waals surface area contributed by atoms with Gasteiger partial charge in [-0.15, -0.1) is 5.10 Å². The molecular weight excluding hydrogens is 265 g/mol. The summed E-state index contributed by atoms with van der Waals surface area (Å²) in [4.78, 5) is 12.2. The van der Waals surface area contributed by atoms with Gasteiger partial charge in [0, 0.05) is 5.56 Å². The number of aromatic nitrogens is 2. The molecule has 1 N–H and O–H groups in total. The van der Waals surface area contributed by atoms with Crippen LogP contribution in [0.5, 0.6) is 0 Å². The van der Waals surface area contributed by atoms with E-state index >= 15 is 0 Å². The summed E-state index contributed by atoms with van der Waals surface area (Å²) >= 11 is 1.05. The fourth-order valence-electron chi connectivity index (χ4n) is 1.32. The van der Waals surface area contributed by atoms with Gasteiger partial charge in [0.2, 0.25) is 0 Å². The number of halogens is 1. The number of aryl methyl sites for hydroxylation is 1. The van der Waals surface area contributed by atoms with Crippen molar-refractivity contribution >= 4 is 17.4 Å². The average molecular weight is 275 g/mol. The minimum Gasteiger partial charge on any atom is -0.340 e. The molecule has 0 unspecified atom stereocenters. The Hall–Kier alpha value is -2.26. The zero-order chi connectivity index (χ0) is 13.7. The average Bonchev–Trinajstić information content (AvgIpc) is 2.83. The van der Waals surface area contributed by atoms with E-state index in [4.69, 9.17) is 0 Å². The standard InChI is InChI=1S/C13H10FN3OS/c1-9-12(19-17-16-9)13(18)15-8-2-3-10-4-6-11(14)7-5-10/h4-7H,8H2,1H3,(H,15,18). The largest absolute Gasteiger partial charge is 0.340 e. The molecule has 6 heteroatoms. The van der Waals surface area contributed by atoms with Crippen molar-refractivity contribution in [2.24, 2.45) is 0 Å². The van der Waals surface area contributed by atoms with Crippen LogP contribution in [0.3, 0.4) is 0 Å².